The number of pyridine rings is 1. The molecule has 0 spiro atoms. The van der Waals surface area contributed by atoms with Gasteiger partial charge in [0.15, 0.2) is 5.84 Å². The minimum Gasteiger partial charge on any atom is -0.409 e. The predicted octanol–water partition coefficient (Wildman–Crippen LogP) is 0.0862. The first kappa shape index (κ1) is 9.31. The maximum atomic E-state index is 11.0. The van der Waals surface area contributed by atoms with Gasteiger partial charge in [-0.1, -0.05) is 5.16 Å². The molecule has 1 heterocycles. The van der Waals surface area contributed by atoms with Gasteiger partial charge < -0.3 is 15.9 Å². The second-order valence-electron chi connectivity index (χ2n) is 2.80. The van der Waals surface area contributed by atoms with Crippen molar-refractivity contribution in [2.24, 2.45) is 10.9 Å². The van der Waals surface area contributed by atoms with Gasteiger partial charge in [0.05, 0.1) is 0 Å². The van der Waals surface area contributed by atoms with Crippen LogP contribution in [0, 0.1) is 13.8 Å². The molecule has 1 rings (SSSR count). The third-order valence-corrected chi connectivity index (χ3v) is 1.79. The Labute approximate surface area is 74.9 Å². The van der Waals surface area contributed by atoms with Crippen molar-refractivity contribution < 1.29 is 5.21 Å². The van der Waals surface area contributed by atoms with Crippen LogP contribution >= 0.6 is 0 Å². The smallest absolute Gasteiger partial charge is 0.248 e. The molecule has 0 saturated heterocycles. The van der Waals surface area contributed by atoms with Gasteiger partial charge in [0, 0.05) is 17.3 Å². The Hall–Kier alpha value is -1.78. The summed E-state index contributed by atoms with van der Waals surface area (Å²) in [5, 5.41) is 11.4. The van der Waals surface area contributed by atoms with E-state index in [0.29, 0.717) is 16.8 Å². The predicted molar refractivity (Wildman–Crippen MR) is 49.0 cm³/mol. The van der Waals surface area contributed by atoms with Gasteiger partial charge in [0.25, 0.3) is 0 Å². The highest BCUT2D eigenvalue weighted by Gasteiger charge is 2.08. The number of nitrogens with zero attached hydrogens (tertiary/aromatic N) is 1. The summed E-state index contributed by atoms with van der Waals surface area (Å²) >= 11 is 0. The molecule has 0 amide bonds. The minimum absolute atomic E-state index is 0.00579. The Morgan fingerprint density at radius 2 is 2.23 bits per heavy atom. The van der Waals surface area contributed by atoms with E-state index in [9.17, 15) is 4.79 Å². The van der Waals surface area contributed by atoms with Gasteiger partial charge >= 0.3 is 0 Å². The zero-order valence-electron chi connectivity index (χ0n) is 7.46. The zero-order chi connectivity index (χ0) is 10.0. The molecule has 5 nitrogen and oxygen atoms in total. The fourth-order valence-corrected chi connectivity index (χ4v) is 1.29. The number of nitrogens with one attached hydrogen (secondary N) is 1. The Bertz CT molecular complexity index is 380. The van der Waals surface area contributed by atoms with E-state index >= 15 is 0 Å². The molecule has 1 aromatic rings. The number of hydrogen-bond acceptors (Lipinski definition) is 3. The lowest BCUT2D eigenvalue weighted by atomic mass is 10.1. The normalized spacial score (nSPS) is 11.7. The molecule has 0 bridgehead atoms. The topological polar surface area (TPSA) is 91.5 Å². The van der Waals surface area contributed by atoms with Gasteiger partial charge in [-0.3, -0.25) is 4.79 Å². The van der Waals surface area contributed by atoms with Crippen LogP contribution in [0.4, 0.5) is 0 Å². The van der Waals surface area contributed by atoms with Crippen LogP contribution < -0.4 is 11.3 Å². The number of H-pyrrole nitrogens is 1. The monoisotopic (exact) mass is 181 g/mol. The molecule has 1 aromatic heterocycles. The van der Waals surface area contributed by atoms with Gasteiger partial charge in [-0.05, 0) is 19.4 Å². The lowest BCUT2D eigenvalue weighted by molar-refractivity contribution is 0.318. The summed E-state index contributed by atoms with van der Waals surface area (Å²) < 4.78 is 0. The van der Waals surface area contributed by atoms with Crippen molar-refractivity contribution in [3.8, 4) is 0 Å². The molecule has 0 aliphatic rings. The van der Waals surface area contributed by atoms with E-state index in [2.05, 4.69) is 10.1 Å². The first-order valence-corrected chi connectivity index (χ1v) is 3.74. The number of hydrogen-bond donors (Lipinski definition) is 3. The zero-order valence-corrected chi connectivity index (χ0v) is 7.46. The molecule has 0 atom stereocenters. The molecule has 4 N–H and O–H groups in total. The van der Waals surface area contributed by atoms with E-state index in [4.69, 9.17) is 10.9 Å². The molecular formula is C8H11N3O2. The van der Waals surface area contributed by atoms with Crippen molar-refractivity contribution in [1.29, 1.82) is 0 Å². The summed E-state index contributed by atoms with van der Waals surface area (Å²) in [6.07, 6.45) is 0. The van der Waals surface area contributed by atoms with Crippen molar-refractivity contribution in [2.75, 3.05) is 0 Å². The highest BCUT2D eigenvalue weighted by Crippen LogP contribution is 2.07. The fourth-order valence-electron chi connectivity index (χ4n) is 1.29. The molecule has 0 aromatic carbocycles. The standard InChI is InChI=1S/C8H11N3O2/c1-4-3-6(12)10-5(2)7(4)8(9)11-13/h3,13H,1-2H3,(H2,9,11)(H,10,12). The molecule has 0 aliphatic carbocycles. The Balaban J connectivity index is 3.46. The van der Waals surface area contributed by atoms with Crippen molar-refractivity contribution in [2.45, 2.75) is 13.8 Å². The summed E-state index contributed by atoms with van der Waals surface area (Å²) in [6, 6.07) is 1.40. The molecule has 0 unspecified atom stereocenters. The van der Waals surface area contributed by atoms with Gasteiger partial charge in [0.1, 0.15) is 0 Å². The van der Waals surface area contributed by atoms with Crippen LogP contribution in [0.15, 0.2) is 16.0 Å². The largest absolute Gasteiger partial charge is 0.409 e. The first-order chi connectivity index (χ1) is 6.06. The number of rotatable bonds is 1. The number of amidine groups is 1. The number of oxime groups is 1. The average molecular weight is 181 g/mol. The summed E-state index contributed by atoms with van der Waals surface area (Å²) in [6.45, 7) is 3.43. The van der Waals surface area contributed by atoms with Crippen LogP contribution in [-0.2, 0) is 0 Å². The van der Waals surface area contributed by atoms with E-state index in [0.717, 1.165) is 0 Å². The quantitative estimate of drug-likeness (QED) is 0.248. The molecule has 0 radical (unpaired) electrons. The summed E-state index contributed by atoms with van der Waals surface area (Å²) in [4.78, 5) is 13.5. The maximum Gasteiger partial charge on any atom is 0.248 e. The maximum absolute atomic E-state index is 11.0. The molecule has 0 saturated carbocycles. The summed E-state index contributed by atoms with van der Waals surface area (Å²) in [5.41, 5.74) is 7.09. The molecule has 0 fully saturated rings. The number of aromatic nitrogens is 1. The molecule has 13 heavy (non-hydrogen) atoms. The van der Waals surface area contributed by atoms with Crippen molar-refractivity contribution in [3.05, 3.63) is 33.2 Å². The van der Waals surface area contributed by atoms with E-state index in [-0.39, 0.29) is 11.4 Å². The van der Waals surface area contributed by atoms with E-state index in [1.165, 1.54) is 6.07 Å². The summed E-state index contributed by atoms with van der Waals surface area (Å²) in [7, 11) is 0. The van der Waals surface area contributed by atoms with Crippen LogP contribution in [-0.4, -0.2) is 16.0 Å². The number of aromatic amines is 1. The molecule has 5 heteroatoms. The number of aryl methyl sites for hydroxylation is 2. The van der Waals surface area contributed by atoms with Gasteiger partial charge in [-0.2, -0.15) is 0 Å². The lowest BCUT2D eigenvalue weighted by Crippen LogP contribution is -2.20. The minimum atomic E-state index is -0.190. The van der Waals surface area contributed by atoms with Crippen molar-refractivity contribution in [3.63, 3.8) is 0 Å². The third-order valence-electron chi connectivity index (χ3n) is 1.79. The van der Waals surface area contributed by atoms with Crippen LogP contribution in [0.3, 0.4) is 0 Å². The highest BCUT2D eigenvalue weighted by molar-refractivity contribution is 5.99. The van der Waals surface area contributed by atoms with E-state index < -0.39 is 0 Å². The Kier molecular flexibility index (Phi) is 2.36. The molecular weight excluding hydrogens is 170 g/mol. The lowest BCUT2D eigenvalue weighted by Gasteiger charge is -2.06. The first-order valence-electron chi connectivity index (χ1n) is 3.74. The van der Waals surface area contributed by atoms with Crippen LogP contribution in [0.2, 0.25) is 0 Å². The van der Waals surface area contributed by atoms with Crippen LogP contribution in [0.5, 0.6) is 0 Å². The van der Waals surface area contributed by atoms with Crippen molar-refractivity contribution in [1.82, 2.24) is 4.98 Å². The van der Waals surface area contributed by atoms with Gasteiger partial charge in [0.2, 0.25) is 5.56 Å². The molecule has 0 aliphatic heterocycles. The number of nitrogens with two attached hydrogens (primary N) is 1. The second kappa shape index (κ2) is 3.30. The van der Waals surface area contributed by atoms with Crippen molar-refractivity contribution >= 4 is 5.84 Å². The molecule has 70 valence electrons. The Morgan fingerprint density at radius 1 is 1.62 bits per heavy atom. The average Bonchev–Trinajstić information content (AvgIpc) is 2.02. The fraction of sp³-hybridized carbons (Fsp3) is 0.250. The van der Waals surface area contributed by atoms with Crippen LogP contribution in [0.1, 0.15) is 16.8 Å². The summed E-state index contributed by atoms with van der Waals surface area (Å²) in [5.74, 6) is 0.00579. The highest BCUT2D eigenvalue weighted by atomic mass is 16.4. The van der Waals surface area contributed by atoms with Gasteiger partial charge in [-0.15, -0.1) is 0 Å². The SMILES string of the molecule is Cc1cc(=O)[nH]c(C)c1/C(N)=N/O. The van der Waals surface area contributed by atoms with Gasteiger partial charge in [-0.25, -0.2) is 0 Å². The van der Waals surface area contributed by atoms with E-state index in [1.807, 2.05) is 0 Å². The van der Waals surface area contributed by atoms with E-state index in [1.54, 1.807) is 13.8 Å². The third kappa shape index (κ3) is 1.69. The van der Waals surface area contributed by atoms with Crippen LogP contribution in [0.25, 0.3) is 0 Å². The second-order valence-corrected chi connectivity index (χ2v) is 2.80. The Morgan fingerprint density at radius 3 is 2.69 bits per heavy atom.